The van der Waals surface area contributed by atoms with Crippen LogP contribution in [0.25, 0.3) is 0 Å². The summed E-state index contributed by atoms with van der Waals surface area (Å²) < 4.78 is 5.39. The Hall–Kier alpha value is -0.690. The number of hydrogen-bond donors (Lipinski definition) is 2. The molecule has 0 aliphatic carbocycles. The normalized spacial score (nSPS) is 33.5. The second-order valence-corrected chi connectivity index (χ2v) is 6.06. The first-order valence-corrected chi connectivity index (χ1v) is 7.76. The molecule has 3 aliphatic heterocycles. The van der Waals surface area contributed by atoms with Crippen LogP contribution in [0.2, 0.25) is 0 Å². The molecule has 20 heavy (non-hydrogen) atoms. The third kappa shape index (κ3) is 3.14. The van der Waals surface area contributed by atoms with Gasteiger partial charge in [-0.2, -0.15) is 0 Å². The van der Waals surface area contributed by atoms with Crippen LogP contribution in [0, 0.1) is 0 Å². The highest BCUT2D eigenvalue weighted by Gasteiger charge is 2.34. The summed E-state index contributed by atoms with van der Waals surface area (Å²) in [7, 11) is 0. The smallest absolute Gasteiger partial charge is 0.239 e. The van der Waals surface area contributed by atoms with Crippen molar-refractivity contribution in [1.82, 2.24) is 15.1 Å². The van der Waals surface area contributed by atoms with E-state index in [0.717, 1.165) is 52.2 Å². The molecule has 0 bridgehead atoms. The number of carbonyl (C=O) groups excluding carboxylic acids is 1. The lowest BCUT2D eigenvalue weighted by Crippen LogP contribution is -2.52. The third-order valence-corrected chi connectivity index (χ3v) is 4.74. The highest BCUT2D eigenvalue weighted by Crippen LogP contribution is 2.19. The summed E-state index contributed by atoms with van der Waals surface area (Å²) in [5.41, 5.74) is 0. The van der Waals surface area contributed by atoms with Crippen LogP contribution in [0.15, 0.2) is 0 Å². The van der Waals surface area contributed by atoms with Gasteiger partial charge in [-0.3, -0.25) is 9.69 Å². The monoisotopic (exact) mass is 283 g/mol. The van der Waals surface area contributed by atoms with E-state index in [1.54, 1.807) is 0 Å². The number of carbonyl (C=O) groups is 1. The van der Waals surface area contributed by atoms with Crippen molar-refractivity contribution in [2.45, 2.75) is 37.5 Å². The van der Waals surface area contributed by atoms with Gasteiger partial charge in [0.2, 0.25) is 5.91 Å². The Balaban J connectivity index is 1.47. The lowest BCUT2D eigenvalue weighted by atomic mass is 10.0. The molecule has 6 heteroatoms. The first-order valence-electron chi connectivity index (χ1n) is 7.76. The number of morpholine rings is 1. The molecule has 2 atom stereocenters. The predicted octanol–water partition coefficient (Wildman–Crippen LogP) is -0.968. The molecular formula is C14H25N3O3. The molecular weight excluding hydrogens is 258 g/mol. The number of piperidine rings is 1. The molecule has 3 heterocycles. The number of nitrogens with zero attached hydrogens (tertiary/aromatic N) is 2. The Labute approximate surface area is 120 Å². The first-order chi connectivity index (χ1) is 9.74. The summed E-state index contributed by atoms with van der Waals surface area (Å²) in [5, 5.41) is 12.6. The Morgan fingerprint density at radius 3 is 2.45 bits per heavy atom. The number of likely N-dealkylation sites (tertiary alicyclic amines) is 1. The number of ether oxygens (including phenoxy) is 1. The zero-order chi connectivity index (χ0) is 13.9. The van der Waals surface area contributed by atoms with E-state index < -0.39 is 0 Å². The van der Waals surface area contributed by atoms with Crippen molar-refractivity contribution in [2.24, 2.45) is 0 Å². The summed E-state index contributed by atoms with van der Waals surface area (Å²) in [6.45, 7) is 5.95. The van der Waals surface area contributed by atoms with E-state index in [0.29, 0.717) is 19.0 Å². The first kappa shape index (κ1) is 14.3. The highest BCUT2D eigenvalue weighted by atomic mass is 16.5. The average Bonchev–Trinajstić information content (AvgIpc) is 2.94. The topological polar surface area (TPSA) is 65.0 Å². The molecule has 0 unspecified atom stereocenters. The molecule has 2 N–H and O–H groups in total. The zero-order valence-electron chi connectivity index (χ0n) is 12.0. The number of aliphatic hydroxyl groups excluding tert-OH is 1. The lowest BCUT2D eigenvalue weighted by Gasteiger charge is -2.40. The Morgan fingerprint density at radius 2 is 1.85 bits per heavy atom. The molecule has 1 amide bonds. The molecule has 3 aliphatic rings. The Bertz CT molecular complexity index is 339. The second kappa shape index (κ2) is 6.39. The minimum absolute atomic E-state index is 0.168. The van der Waals surface area contributed by atoms with Crippen molar-refractivity contribution in [3.05, 3.63) is 0 Å². The standard InChI is InChI=1S/C14H25N3O3/c18-12-9-13(15-10-12)14(19)17-3-1-11(2-4-17)16-5-7-20-8-6-16/h11-13,15,18H,1-10H2/t12-,13+/m1/s1. The van der Waals surface area contributed by atoms with Crippen LogP contribution in [0.1, 0.15) is 19.3 Å². The molecule has 3 saturated heterocycles. The van der Waals surface area contributed by atoms with E-state index in [1.165, 1.54) is 0 Å². The molecule has 3 rings (SSSR count). The predicted molar refractivity (Wildman–Crippen MR) is 74.4 cm³/mol. The van der Waals surface area contributed by atoms with E-state index in [-0.39, 0.29) is 18.1 Å². The van der Waals surface area contributed by atoms with Crippen molar-refractivity contribution in [3.63, 3.8) is 0 Å². The summed E-state index contributed by atoms with van der Waals surface area (Å²) in [4.78, 5) is 16.8. The van der Waals surface area contributed by atoms with Gasteiger partial charge >= 0.3 is 0 Å². The van der Waals surface area contributed by atoms with Crippen molar-refractivity contribution >= 4 is 5.91 Å². The quantitative estimate of drug-likeness (QED) is 0.683. The van der Waals surface area contributed by atoms with E-state index in [2.05, 4.69) is 10.2 Å². The van der Waals surface area contributed by atoms with Gasteiger partial charge in [-0.15, -0.1) is 0 Å². The fraction of sp³-hybridized carbons (Fsp3) is 0.929. The second-order valence-electron chi connectivity index (χ2n) is 6.06. The van der Waals surface area contributed by atoms with E-state index in [1.807, 2.05) is 4.90 Å². The van der Waals surface area contributed by atoms with E-state index in [9.17, 15) is 9.90 Å². The van der Waals surface area contributed by atoms with Crippen molar-refractivity contribution in [3.8, 4) is 0 Å². The molecule has 0 spiro atoms. The Morgan fingerprint density at radius 1 is 1.15 bits per heavy atom. The highest BCUT2D eigenvalue weighted by molar-refractivity contribution is 5.82. The molecule has 0 aromatic heterocycles. The molecule has 0 aromatic carbocycles. The van der Waals surface area contributed by atoms with E-state index in [4.69, 9.17) is 4.74 Å². The largest absolute Gasteiger partial charge is 0.392 e. The van der Waals surface area contributed by atoms with Gasteiger partial charge in [0, 0.05) is 38.8 Å². The summed E-state index contributed by atoms with van der Waals surface area (Å²) in [6.07, 6.45) is 2.30. The van der Waals surface area contributed by atoms with Crippen LogP contribution >= 0.6 is 0 Å². The van der Waals surface area contributed by atoms with Gasteiger partial charge in [0.25, 0.3) is 0 Å². The van der Waals surface area contributed by atoms with Gasteiger partial charge in [-0.1, -0.05) is 0 Å². The summed E-state index contributed by atoms with van der Waals surface area (Å²) in [6, 6.07) is 0.426. The van der Waals surface area contributed by atoms with Gasteiger partial charge < -0.3 is 20.1 Å². The third-order valence-electron chi connectivity index (χ3n) is 4.74. The van der Waals surface area contributed by atoms with Crippen molar-refractivity contribution in [1.29, 1.82) is 0 Å². The molecule has 0 aromatic rings. The minimum atomic E-state index is -0.366. The van der Waals surface area contributed by atoms with Gasteiger partial charge in [0.05, 0.1) is 25.4 Å². The molecule has 114 valence electrons. The fourth-order valence-electron chi connectivity index (χ4n) is 3.52. The molecule has 0 radical (unpaired) electrons. The summed E-state index contributed by atoms with van der Waals surface area (Å²) in [5.74, 6) is 0.168. The van der Waals surface area contributed by atoms with E-state index >= 15 is 0 Å². The van der Waals surface area contributed by atoms with Crippen molar-refractivity contribution in [2.75, 3.05) is 45.9 Å². The van der Waals surface area contributed by atoms with Gasteiger partial charge in [-0.05, 0) is 19.3 Å². The number of aliphatic hydroxyl groups is 1. The van der Waals surface area contributed by atoms with Crippen LogP contribution in [-0.2, 0) is 9.53 Å². The average molecular weight is 283 g/mol. The number of hydrogen-bond acceptors (Lipinski definition) is 5. The van der Waals surface area contributed by atoms with Crippen molar-refractivity contribution < 1.29 is 14.6 Å². The fourth-order valence-corrected chi connectivity index (χ4v) is 3.52. The van der Waals surface area contributed by atoms with Crippen LogP contribution in [0.3, 0.4) is 0 Å². The molecule has 6 nitrogen and oxygen atoms in total. The number of nitrogens with one attached hydrogen (secondary N) is 1. The number of rotatable bonds is 2. The Kier molecular flexibility index (Phi) is 4.55. The number of amides is 1. The zero-order valence-corrected chi connectivity index (χ0v) is 12.0. The van der Waals surface area contributed by atoms with Gasteiger partial charge in [-0.25, -0.2) is 0 Å². The van der Waals surface area contributed by atoms with Crippen LogP contribution in [0.5, 0.6) is 0 Å². The number of β-amino-alcohol motifs (C(OH)–C–C–N with tert-alkyl or cyclic N) is 1. The SMILES string of the molecule is O=C([C@@H]1C[C@@H](O)CN1)N1CCC(N2CCOCC2)CC1. The minimum Gasteiger partial charge on any atom is -0.392 e. The van der Waals surface area contributed by atoms with Crippen LogP contribution in [-0.4, -0.2) is 84.9 Å². The molecule has 3 fully saturated rings. The maximum Gasteiger partial charge on any atom is 0.239 e. The van der Waals surface area contributed by atoms with Gasteiger partial charge in [0.1, 0.15) is 0 Å². The lowest BCUT2D eigenvalue weighted by molar-refractivity contribution is -0.135. The summed E-state index contributed by atoms with van der Waals surface area (Å²) >= 11 is 0. The maximum absolute atomic E-state index is 12.3. The van der Waals surface area contributed by atoms with Crippen LogP contribution in [0.4, 0.5) is 0 Å². The van der Waals surface area contributed by atoms with Crippen LogP contribution < -0.4 is 5.32 Å². The molecule has 0 saturated carbocycles. The van der Waals surface area contributed by atoms with Gasteiger partial charge in [0.15, 0.2) is 0 Å². The maximum atomic E-state index is 12.3.